The Labute approximate surface area is 113 Å². The molecule has 0 bridgehead atoms. The van der Waals surface area contributed by atoms with Gasteiger partial charge in [0.2, 0.25) is 0 Å². The molecule has 0 aliphatic rings. The van der Waals surface area contributed by atoms with Gasteiger partial charge < -0.3 is 50.5 Å². The van der Waals surface area contributed by atoms with Gasteiger partial charge in [-0.15, -0.1) is 0 Å². The van der Waals surface area contributed by atoms with E-state index < -0.39 is 0 Å². The Bertz CT molecular complexity index is 158. The number of nitriles is 4. The first-order chi connectivity index (χ1) is 5.66. The molecular formula is C4N4S4Tc. The van der Waals surface area contributed by atoms with Crippen molar-refractivity contribution in [2.24, 2.45) is 0 Å². The molecule has 0 aromatic heterocycles. The van der Waals surface area contributed by atoms with Gasteiger partial charge in [-0.25, -0.2) is 21.0 Å². The molecule has 0 amide bonds. The van der Waals surface area contributed by atoms with Crippen LogP contribution in [0.2, 0.25) is 0 Å². The Morgan fingerprint density at radius 2 is 0.538 bits per heavy atom. The minimum atomic E-state index is 0. The van der Waals surface area contributed by atoms with Crippen molar-refractivity contribution >= 4 is 50.5 Å². The molecule has 0 aromatic carbocycles. The summed E-state index contributed by atoms with van der Waals surface area (Å²) in [7, 11) is 0. The normalized spacial score (nSPS) is 2.15. The number of hydrogen-bond acceptors (Lipinski definition) is 8. The molecule has 0 aliphatic carbocycles. The van der Waals surface area contributed by atoms with Crippen molar-refractivity contribution in [3.63, 3.8) is 0 Å². The van der Waals surface area contributed by atoms with E-state index in [2.05, 4.69) is 50.5 Å². The average Bonchev–Trinajstić information content (AvgIpc) is 1.92. The monoisotopic (exact) mass is 329 g/mol. The van der Waals surface area contributed by atoms with Crippen molar-refractivity contribution in [1.82, 2.24) is 0 Å². The summed E-state index contributed by atoms with van der Waals surface area (Å²) in [5, 5.41) is 33.9. The second kappa shape index (κ2) is 104. The molecule has 0 fully saturated rings. The van der Waals surface area contributed by atoms with Crippen molar-refractivity contribution in [3.8, 4) is 21.6 Å². The molecule has 13 heavy (non-hydrogen) atoms. The smallest absolute Gasteiger partial charge is 0.696 e. The van der Waals surface area contributed by atoms with Gasteiger partial charge in [-0.2, -0.15) is 0 Å². The van der Waals surface area contributed by atoms with Gasteiger partial charge in [0.25, 0.3) is 0 Å². The van der Waals surface area contributed by atoms with Gasteiger partial charge in [0.15, 0.2) is 0 Å². The zero-order chi connectivity index (χ0) is 10.8. The maximum absolute atomic E-state index is 7.13. The first-order valence-electron chi connectivity index (χ1n) is 1.71. The molecule has 0 saturated carbocycles. The fourth-order valence-electron chi connectivity index (χ4n) is 0. The summed E-state index contributed by atoms with van der Waals surface area (Å²) < 4.78 is 0. The first-order valence-corrected chi connectivity index (χ1v) is 3.34. The van der Waals surface area contributed by atoms with Crippen LogP contribution in [0.1, 0.15) is 0 Å². The summed E-state index contributed by atoms with van der Waals surface area (Å²) in [5.41, 5.74) is 0. The van der Waals surface area contributed by atoms with Crippen molar-refractivity contribution in [2.45, 2.75) is 0 Å². The van der Waals surface area contributed by atoms with E-state index in [1.807, 2.05) is 0 Å². The van der Waals surface area contributed by atoms with Gasteiger partial charge in [0.1, 0.15) is 0 Å². The van der Waals surface area contributed by atoms with Gasteiger partial charge >= 0.3 is 20.1 Å². The number of thiocyanates is 4. The van der Waals surface area contributed by atoms with E-state index in [4.69, 9.17) is 21.0 Å². The fraction of sp³-hybridized carbons (Fsp3) is 0. The van der Waals surface area contributed by atoms with E-state index in [-0.39, 0.29) is 20.1 Å². The SMILES string of the molecule is N#C[S-].N#C[S-].N#C[S-].N#C[S-].[Tc+4]. The molecule has 0 heterocycles. The number of rotatable bonds is 0. The molecule has 0 aliphatic heterocycles. The van der Waals surface area contributed by atoms with Crippen LogP contribution >= 0.6 is 0 Å². The fourth-order valence-corrected chi connectivity index (χ4v) is 0. The van der Waals surface area contributed by atoms with E-state index >= 15 is 0 Å². The van der Waals surface area contributed by atoms with Crippen LogP contribution in [0.5, 0.6) is 0 Å². The van der Waals surface area contributed by atoms with Crippen LogP contribution in [0, 0.1) is 42.7 Å². The zero-order valence-corrected chi connectivity index (χ0v) is 10.9. The molecule has 0 N–H and O–H groups in total. The molecule has 0 spiro atoms. The topological polar surface area (TPSA) is 95.2 Å². The van der Waals surface area contributed by atoms with E-state index in [1.165, 1.54) is 21.6 Å². The standard InChI is InChI=1S/4CHNS.Tc/c4*2-1-3;/h4*3H;/q;;;;+4/p-4. The molecule has 0 aromatic rings. The van der Waals surface area contributed by atoms with Gasteiger partial charge in [0, 0.05) is 0 Å². The van der Waals surface area contributed by atoms with Crippen LogP contribution in [0.3, 0.4) is 0 Å². The number of hydrogen-bond donors (Lipinski definition) is 0. The Morgan fingerprint density at radius 1 is 0.538 bits per heavy atom. The molecule has 0 rings (SSSR count). The minimum Gasteiger partial charge on any atom is -0.696 e. The van der Waals surface area contributed by atoms with Crippen molar-refractivity contribution < 1.29 is 20.1 Å². The predicted molar refractivity (Wildman–Crippen MR) is 51.9 cm³/mol. The Morgan fingerprint density at radius 3 is 0.538 bits per heavy atom. The summed E-state index contributed by atoms with van der Waals surface area (Å²) in [6.07, 6.45) is 0. The summed E-state index contributed by atoms with van der Waals surface area (Å²) in [5.74, 6) is 0. The second-order valence-electron chi connectivity index (χ2n) is 0.365. The van der Waals surface area contributed by atoms with Crippen LogP contribution in [0.4, 0.5) is 0 Å². The maximum atomic E-state index is 7.13. The molecule has 4 nitrogen and oxygen atoms in total. The van der Waals surface area contributed by atoms with Crippen LogP contribution < -0.4 is 0 Å². The van der Waals surface area contributed by atoms with Gasteiger partial charge in [0.05, 0.1) is 0 Å². The quantitative estimate of drug-likeness (QED) is 0.454. The van der Waals surface area contributed by atoms with Crippen LogP contribution in [-0.2, 0) is 70.6 Å². The molecule has 9 heteroatoms. The first kappa shape index (κ1) is 29.4. The summed E-state index contributed by atoms with van der Waals surface area (Å²) in [6.45, 7) is 0. The molecule has 0 unspecified atom stereocenters. The van der Waals surface area contributed by atoms with E-state index in [1.54, 1.807) is 0 Å². The second-order valence-corrected chi connectivity index (χ2v) is 1.10. The van der Waals surface area contributed by atoms with E-state index in [9.17, 15) is 0 Å². The van der Waals surface area contributed by atoms with Crippen molar-refractivity contribution in [2.75, 3.05) is 0 Å². The maximum Gasteiger partial charge on any atom is 4.00 e. The van der Waals surface area contributed by atoms with Crippen LogP contribution in [-0.4, -0.2) is 0 Å². The van der Waals surface area contributed by atoms with Gasteiger partial charge in [-0.05, 0) is 0 Å². The third kappa shape index (κ3) is 3970. The van der Waals surface area contributed by atoms with Gasteiger partial charge in [-0.3, -0.25) is 0 Å². The van der Waals surface area contributed by atoms with Crippen LogP contribution in [0.15, 0.2) is 0 Å². The van der Waals surface area contributed by atoms with Crippen molar-refractivity contribution in [3.05, 3.63) is 0 Å². The molecular weight excluding hydrogens is 330 g/mol. The molecule has 1 radical (unpaired) electrons. The largest absolute Gasteiger partial charge is 4.00 e. The third-order valence-corrected chi connectivity index (χ3v) is 0. The predicted octanol–water partition coefficient (Wildman–Crippen LogP) is 0.0550. The third-order valence-electron chi connectivity index (χ3n) is 0. The zero-order valence-electron chi connectivity index (χ0n) is 5.80. The van der Waals surface area contributed by atoms with Gasteiger partial charge in [-0.1, -0.05) is 21.6 Å². The average molecular weight is 330 g/mol. The van der Waals surface area contributed by atoms with E-state index in [0.29, 0.717) is 0 Å². The van der Waals surface area contributed by atoms with Crippen molar-refractivity contribution in [1.29, 1.82) is 21.0 Å². The Kier molecular flexibility index (Phi) is 235. The number of nitrogens with zero attached hydrogens (tertiary/aromatic N) is 4. The molecule has 0 atom stereocenters. The van der Waals surface area contributed by atoms with Crippen LogP contribution in [0.25, 0.3) is 0 Å². The minimum absolute atomic E-state index is 0. The Balaban J connectivity index is -0.0000000213. The summed E-state index contributed by atoms with van der Waals surface area (Å²) in [4.78, 5) is 0. The summed E-state index contributed by atoms with van der Waals surface area (Å²) >= 11 is 14.8. The Hall–Kier alpha value is -0.511. The van der Waals surface area contributed by atoms with E-state index in [0.717, 1.165) is 0 Å². The molecule has 0 saturated heterocycles. The molecule has 67 valence electrons. The summed E-state index contributed by atoms with van der Waals surface area (Å²) in [6, 6.07) is 0.